The number of aromatic amines is 1. The van der Waals surface area contributed by atoms with Gasteiger partial charge in [0.15, 0.2) is 5.82 Å². The van der Waals surface area contributed by atoms with Crippen molar-refractivity contribution in [2.45, 2.75) is 57.5 Å². The molecular formula is C37H55N17. The minimum absolute atomic E-state index is 0.00391. The molecule has 3 aromatic rings. The lowest BCUT2D eigenvalue weighted by Crippen LogP contribution is -2.44. The number of fused-ring (bicyclic) bond motifs is 1. The fourth-order valence-electron chi connectivity index (χ4n) is 8.36. The Morgan fingerprint density at radius 3 is 2.04 bits per heavy atom. The molecule has 0 amide bonds. The predicted molar refractivity (Wildman–Crippen MR) is 210 cm³/mol. The number of piperidine rings is 1. The second-order valence-corrected chi connectivity index (χ2v) is 16.5. The molecule has 17 heteroatoms. The van der Waals surface area contributed by atoms with Crippen LogP contribution in [0.1, 0.15) is 57.1 Å². The molecule has 17 nitrogen and oxygen atoms in total. The molecule has 7 fully saturated rings. The summed E-state index contributed by atoms with van der Waals surface area (Å²) in [6, 6.07) is 4.27. The Labute approximate surface area is 316 Å². The minimum Gasteiger partial charge on any atom is -0.356 e. The lowest BCUT2D eigenvalue weighted by Gasteiger charge is -2.29. The molecule has 3 saturated carbocycles. The summed E-state index contributed by atoms with van der Waals surface area (Å²) in [7, 11) is 0. The second-order valence-electron chi connectivity index (χ2n) is 16.5. The number of piperazine rings is 2. The number of hydrazine groups is 1. The summed E-state index contributed by atoms with van der Waals surface area (Å²) in [5.74, 6) is 9.54. The molecule has 4 saturated heterocycles. The standard InChI is InChI=1S/C19H26N8.C18H29N9/c1-2-12(1)15-8-16(25-24-15)21-19-22-17(26-5-3-20-4-6-26)9-18(23-19)27-10-13-7-14(13)11-27;1-12-4-7-27(11-12)18-22-16(20-15-10-14(24-25-15)13-2-3-13)21-17(23-18)26-8-5-19-6-9-26/h8-9,12-14,20H,1-7,10-11H2,(H2,21,22,23,24,25);10,12-13,15,19,24-25H,2-9,11H2,1H3,(H,20,21,22,23). The number of hydrogen-bond donors (Lipinski definition) is 7. The zero-order chi connectivity index (χ0) is 36.0. The van der Waals surface area contributed by atoms with Crippen LogP contribution >= 0.6 is 0 Å². The number of rotatable bonds is 10. The minimum atomic E-state index is 0.00391. The Bertz CT molecular complexity index is 1760. The van der Waals surface area contributed by atoms with E-state index >= 15 is 0 Å². The molecule has 5 aliphatic heterocycles. The van der Waals surface area contributed by atoms with Crippen molar-refractivity contribution in [1.29, 1.82) is 0 Å². The molecule has 11 rings (SSSR count). The summed E-state index contributed by atoms with van der Waals surface area (Å²) in [5, 5.41) is 21.1. The van der Waals surface area contributed by atoms with Crippen molar-refractivity contribution in [3.63, 3.8) is 0 Å². The van der Waals surface area contributed by atoms with Gasteiger partial charge in [0.1, 0.15) is 17.8 Å². The lowest BCUT2D eigenvalue weighted by atomic mass is 10.2. The first-order chi connectivity index (χ1) is 26.6. The average Bonchev–Trinajstić information content (AvgIpc) is 4.18. The highest BCUT2D eigenvalue weighted by molar-refractivity contribution is 5.59. The molecule has 8 aliphatic rings. The molecular weight excluding hydrogens is 683 g/mol. The predicted octanol–water partition coefficient (Wildman–Crippen LogP) is 1.95. The quantitative estimate of drug-likeness (QED) is 0.161. The van der Waals surface area contributed by atoms with Crippen LogP contribution in [0.2, 0.25) is 0 Å². The summed E-state index contributed by atoms with van der Waals surface area (Å²) in [5.41, 5.74) is 9.08. The van der Waals surface area contributed by atoms with E-state index in [0.29, 0.717) is 29.7 Å². The lowest BCUT2D eigenvalue weighted by molar-refractivity contribution is 0.576. The van der Waals surface area contributed by atoms with Gasteiger partial charge in [0.2, 0.25) is 23.8 Å². The zero-order valence-corrected chi connectivity index (χ0v) is 31.4. The number of nitrogens with zero attached hydrogens (tertiary/aromatic N) is 10. The normalized spacial score (nSPS) is 27.6. The Hall–Kier alpha value is -4.48. The molecule has 0 bridgehead atoms. The van der Waals surface area contributed by atoms with E-state index in [-0.39, 0.29) is 6.17 Å². The summed E-state index contributed by atoms with van der Waals surface area (Å²) >= 11 is 0. The number of H-pyrrole nitrogens is 1. The summed E-state index contributed by atoms with van der Waals surface area (Å²) in [6.07, 6.45) is 9.89. The van der Waals surface area contributed by atoms with Crippen molar-refractivity contribution in [3.8, 4) is 0 Å². The first kappa shape index (κ1) is 34.0. The van der Waals surface area contributed by atoms with Crippen LogP contribution in [0.3, 0.4) is 0 Å². The van der Waals surface area contributed by atoms with Crippen molar-refractivity contribution in [2.75, 3.05) is 109 Å². The van der Waals surface area contributed by atoms with Gasteiger partial charge in [0.25, 0.3) is 0 Å². The van der Waals surface area contributed by atoms with Crippen molar-refractivity contribution < 1.29 is 0 Å². The fraction of sp³-hybridized carbons (Fsp3) is 0.676. The summed E-state index contributed by atoms with van der Waals surface area (Å²) < 4.78 is 0. The highest BCUT2D eigenvalue weighted by Crippen LogP contribution is 2.46. The van der Waals surface area contributed by atoms with Gasteiger partial charge in [-0.2, -0.15) is 30.0 Å². The van der Waals surface area contributed by atoms with Crippen LogP contribution in [0.15, 0.2) is 23.9 Å². The van der Waals surface area contributed by atoms with E-state index in [9.17, 15) is 0 Å². The number of aromatic nitrogens is 7. The van der Waals surface area contributed by atoms with Gasteiger partial charge in [-0.1, -0.05) is 6.92 Å². The monoisotopic (exact) mass is 737 g/mol. The second kappa shape index (κ2) is 14.6. The van der Waals surface area contributed by atoms with E-state index in [2.05, 4.69) is 87.0 Å². The van der Waals surface area contributed by atoms with Crippen LogP contribution in [0.25, 0.3) is 0 Å². The van der Waals surface area contributed by atoms with E-state index in [0.717, 1.165) is 120 Å². The van der Waals surface area contributed by atoms with Crippen LogP contribution in [0.4, 0.5) is 41.2 Å². The van der Waals surface area contributed by atoms with Crippen molar-refractivity contribution in [2.24, 2.45) is 23.7 Å². The highest BCUT2D eigenvalue weighted by Gasteiger charge is 2.45. The molecule has 0 radical (unpaired) electrons. The molecule has 4 unspecified atom stereocenters. The average molecular weight is 738 g/mol. The largest absolute Gasteiger partial charge is 0.356 e. The topological polar surface area (TPSA) is 178 Å². The van der Waals surface area contributed by atoms with E-state index in [1.165, 1.54) is 49.9 Å². The van der Waals surface area contributed by atoms with Gasteiger partial charge < -0.3 is 46.3 Å². The van der Waals surface area contributed by atoms with Crippen LogP contribution in [0, 0.1) is 23.7 Å². The maximum Gasteiger partial charge on any atom is 0.232 e. The Morgan fingerprint density at radius 1 is 0.667 bits per heavy atom. The van der Waals surface area contributed by atoms with E-state index in [1.54, 1.807) is 0 Å². The number of anilines is 7. The Morgan fingerprint density at radius 2 is 1.35 bits per heavy atom. The molecule has 3 aromatic heterocycles. The molecule has 4 atom stereocenters. The van der Waals surface area contributed by atoms with E-state index in [1.807, 2.05) is 0 Å². The molecule has 0 aromatic carbocycles. The molecule has 8 heterocycles. The molecule has 7 N–H and O–H groups in total. The van der Waals surface area contributed by atoms with Crippen LogP contribution in [0.5, 0.6) is 0 Å². The first-order valence-electron chi connectivity index (χ1n) is 20.4. The Kier molecular flexibility index (Phi) is 9.23. The SMILES string of the molecule is CC1CCN(c2nc(NC3C=C(C4CC4)NN3)nc(N3CCNCC3)n2)C1.c1c(N2CCNCC2)nc(Nc2cc(C3CC3)[nH]n2)nc1N1CC2CC2C1. The molecule has 54 heavy (non-hydrogen) atoms. The number of allylic oxidation sites excluding steroid dienone is 1. The van der Waals surface area contributed by atoms with Gasteiger partial charge in [0.05, 0.1) is 0 Å². The molecule has 288 valence electrons. The molecule has 0 spiro atoms. The first-order valence-corrected chi connectivity index (χ1v) is 20.4. The van der Waals surface area contributed by atoms with Gasteiger partial charge in [0, 0.05) is 108 Å². The number of hydrogen-bond acceptors (Lipinski definition) is 16. The van der Waals surface area contributed by atoms with Crippen molar-refractivity contribution in [1.82, 2.24) is 56.6 Å². The van der Waals surface area contributed by atoms with Gasteiger partial charge in [-0.3, -0.25) is 5.10 Å². The third-order valence-corrected chi connectivity index (χ3v) is 12.0. The maximum atomic E-state index is 4.84. The highest BCUT2D eigenvalue weighted by atomic mass is 15.5. The van der Waals surface area contributed by atoms with Crippen molar-refractivity contribution >= 4 is 41.2 Å². The maximum absolute atomic E-state index is 4.84. The van der Waals surface area contributed by atoms with Gasteiger partial charge in [-0.05, 0) is 68.3 Å². The van der Waals surface area contributed by atoms with Gasteiger partial charge >= 0.3 is 0 Å². The smallest absolute Gasteiger partial charge is 0.232 e. The third-order valence-electron chi connectivity index (χ3n) is 12.0. The van der Waals surface area contributed by atoms with E-state index < -0.39 is 0 Å². The van der Waals surface area contributed by atoms with Crippen LogP contribution in [-0.2, 0) is 0 Å². The summed E-state index contributed by atoms with van der Waals surface area (Å²) in [6.45, 7) is 14.3. The van der Waals surface area contributed by atoms with E-state index in [4.69, 9.17) is 24.9 Å². The van der Waals surface area contributed by atoms with Gasteiger partial charge in [-0.25, -0.2) is 5.43 Å². The van der Waals surface area contributed by atoms with Crippen LogP contribution < -0.4 is 51.7 Å². The van der Waals surface area contributed by atoms with Crippen LogP contribution in [-0.4, -0.2) is 120 Å². The van der Waals surface area contributed by atoms with Crippen molar-refractivity contribution in [3.05, 3.63) is 29.6 Å². The third kappa shape index (κ3) is 7.84. The Balaban J connectivity index is 0.000000134. The van der Waals surface area contributed by atoms with Gasteiger partial charge in [-0.15, -0.1) is 0 Å². The number of nitrogens with one attached hydrogen (secondary N) is 7. The fourth-order valence-corrected chi connectivity index (χ4v) is 8.36. The summed E-state index contributed by atoms with van der Waals surface area (Å²) in [4.78, 5) is 33.3. The molecule has 3 aliphatic carbocycles. The zero-order valence-electron chi connectivity index (χ0n) is 31.4.